The number of unbranched alkanes of at least 4 members (excludes halogenated alkanes) is 7. The van der Waals surface area contributed by atoms with Crippen LogP contribution >= 0.6 is 0 Å². The number of carbonyl (C=O) groups is 1. The van der Waals surface area contributed by atoms with Gasteiger partial charge in [-0.15, -0.1) is 0 Å². The highest BCUT2D eigenvalue weighted by molar-refractivity contribution is 5.67. The summed E-state index contributed by atoms with van der Waals surface area (Å²) in [6.45, 7) is 16.9. The first-order chi connectivity index (χ1) is 20.9. The molecule has 0 bridgehead atoms. The van der Waals surface area contributed by atoms with Crippen LogP contribution in [0.1, 0.15) is 79.1 Å². The fraction of sp³-hybridized carbons (Fsp3) is 0.969. The Morgan fingerprint density at radius 3 is 1.12 bits per heavy atom. The molecule has 0 saturated heterocycles. The number of nitrogens with zero attached hydrogens (tertiary/aromatic N) is 1. The third kappa shape index (κ3) is 35.3. The summed E-state index contributed by atoms with van der Waals surface area (Å²) in [7, 11) is 1.69. The Bertz CT molecular complexity index is 577. The number of hydrogen-bond donors (Lipinski definition) is 0. The first kappa shape index (κ1) is 42.0. The molecule has 0 atom stereocenters. The molecule has 43 heavy (non-hydrogen) atoms. The Morgan fingerprint density at radius 1 is 0.465 bits per heavy atom. The number of hydrogen-bond acceptors (Lipinski definition) is 10. The van der Waals surface area contributed by atoms with E-state index in [1.165, 1.54) is 49.8 Å². The van der Waals surface area contributed by atoms with Gasteiger partial charge in [-0.3, -0.25) is 0 Å². The lowest BCUT2D eigenvalue weighted by atomic mass is 10.1. The molecule has 258 valence electrons. The number of amides is 1. The van der Waals surface area contributed by atoms with E-state index in [0.717, 1.165) is 13.0 Å². The van der Waals surface area contributed by atoms with Gasteiger partial charge in [-0.1, -0.05) is 51.9 Å². The lowest BCUT2D eigenvalue weighted by molar-refractivity contribution is -0.0236. The molecule has 11 nitrogen and oxygen atoms in total. The van der Waals surface area contributed by atoms with E-state index in [1.54, 1.807) is 7.05 Å². The average Bonchev–Trinajstić information content (AvgIpc) is 2.96. The van der Waals surface area contributed by atoms with E-state index in [4.69, 9.17) is 42.6 Å². The summed E-state index contributed by atoms with van der Waals surface area (Å²) in [5.41, 5.74) is -0.503. The fourth-order valence-corrected chi connectivity index (χ4v) is 3.61. The van der Waals surface area contributed by atoms with E-state index < -0.39 is 5.60 Å². The molecule has 1 amide bonds. The van der Waals surface area contributed by atoms with E-state index in [0.29, 0.717) is 106 Å². The lowest BCUT2D eigenvalue weighted by Crippen LogP contribution is -2.36. The average molecular weight is 624 g/mol. The molecule has 0 fully saturated rings. The van der Waals surface area contributed by atoms with Gasteiger partial charge in [0, 0.05) is 20.2 Å². The van der Waals surface area contributed by atoms with Crippen molar-refractivity contribution in [3.05, 3.63) is 0 Å². The highest BCUT2D eigenvalue weighted by Gasteiger charge is 2.19. The largest absolute Gasteiger partial charge is 0.444 e. The molecular formula is C32H65NO10. The Labute approximate surface area is 262 Å². The fourth-order valence-electron chi connectivity index (χ4n) is 3.61. The van der Waals surface area contributed by atoms with Gasteiger partial charge >= 0.3 is 6.09 Å². The maximum absolute atomic E-state index is 11.8. The number of rotatable bonds is 33. The van der Waals surface area contributed by atoms with Gasteiger partial charge in [0.15, 0.2) is 0 Å². The summed E-state index contributed by atoms with van der Waals surface area (Å²) < 4.78 is 49.3. The van der Waals surface area contributed by atoms with Crippen molar-refractivity contribution in [1.29, 1.82) is 0 Å². The van der Waals surface area contributed by atoms with Gasteiger partial charge in [-0.05, 0) is 27.2 Å². The van der Waals surface area contributed by atoms with Crippen molar-refractivity contribution in [2.24, 2.45) is 0 Å². The van der Waals surface area contributed by atoms with Gasteiger partial charge in [0.05, 0.1) is 99.1 Å². The van der Waals surface area contributed by atoms with Gasteiger partial charge in [-0.25, -0.2) is 4.79 Å². The molecule has 0 aromatic heterocycles. The molecule has 0 aliphatic heterocycles. The quantitative estimate of drug-likeness (QED) is 0.0915. The van der Waals surface area contributed by atoms with Crippen molar-refractivity contribution in [2.45, 2.75) is 84.7 Å². The Morgan fingerprint density at radius 2 is 0.767 bits per heavy atom. The topological polar surface area (TPSA) is 103 Å². The Kier molecular flexibility index (Phi) is 31.6. The van der Waals surface area contributed by atoms with Crippen LogP contribution in [-0.2, 0) is 42.6 Å². The molecule has 0 aromatic carbocycles. The molecule has 0 radical (unpaired) electrons. The Hall–Kier alpha value is -1.05. The van der Waals surface area contributed by atoms with Crippen LogP contribution in [0, 0.1) is 0 Å². The molecule has 0 aromatic rings. The van der Waals surface area contributed by atoms with E-state index in [2.05, 4.69) is 6.92 Å². The lowest BCUT2D eigenvalue weighted by Gasteiger charge is -2.24. The highest BCUT2D eigenvalue weighted by Crippen LogP contribution is 2.09. The van der Waals surface area contributed by atoms with Crippen LogP contribution in [0.15, 0.2) is 0 Å². The van der Waals surface area contributed by atoms with Gasteiger partial charge < -0.3 is 47.5 Å². The van der Waals surface area contributed by atoms with Crippen molar-refractivity contribution in [1.82, 2.24) is 4.90 Å². The molecule has 0 aliphatic rings. The van der Waals surface area contributed by atoms with Crippen LogP contribution in [0.2, 0.25) is 0 Å². The second-order valence-electron chi connectivity index (χ2n) is 11.3. The van der Waals surface area contributed by atoms with Gasteiger partial charge in [0.25, 0.3) is 0 Å². The van der Waals surface area contributed by atoms with Gasteiger partial charge in [0.1, 0.15) is 5.60 Å². The maximum atomic E-state index is 11.8. The normalized spacial score (nSPS) is 11.7. The van der Waals surface area contributed by atoms with E-state index in [9.17, 15) is 4.79 Å². The van der Waals surface area contributed by atoms with Gasteiger partial charge in [0.2, 0.25) is 0 Å². The molecule has 0 spiro atoms. The van der Waals surface area contributed by atoms with E-state index in [-0.39, 0.29) is 6.09 Å². The first-order valence-corrected chi connectivity index (χ1v) is 16.4. The smallest absolute Gasteiger partial charge is 0.410 e. The number of carbonyl (C=O) groups excluding carboxylic acids is 1. The minimum absolute atomic E-state index is 0.357. The third-order valence-electron chi connectivity index (χ3n) is 6.02. The third-order valence-corrected chi connectivity index (χ3v) is 6.02. The monoisotopic (exact) mass is 623 g/mol. The standard InChI is InChI=1S/C32H65NO10/c1-6-7-8-9-10-11-12-13-15-35-17-19-37-21-23-39-25-27-41-29-30-42-28-26-40-24-22-38-20-18-36-16-14-33(5)31(34)43-32(2,3)4/h6-30H2,1-5H3. The van der Waals surface area contributed by atoms with Crippen molar-refractivity contribution < 1.29 is 47.4 Å². The predicted octanol–water partition coefficient (Wildman–Crippen LogP) is 5.13. The number of ether oxygens (including phenoxy) is 9. The maximum Gasteiger partial charge on any atom is 0.410 e. The minimum Gasteiger partial charge on any atom is -0.444 e. The molecule has 0 heterocycles. The molecule has 11 heteroatoms. The van der Waals surface area contributed by atoms with Crippen LogP contribution in [-0.4, -0.2) is 136 Å². The summed E-state index contributed by atoms with van der Waals surface area (Å²) in [5, 5.41) is 0. The van der Waals surface area contributed by atoms with Crippen LogP contribution in [0.3, 0.4) is 0 Å². The molecule has 0 saturated carbocycles. The number of likely N-dealkylation sites (N-methyl/N-ethyl adjacent to an activating group) is 1. The first-order valence-electron chi connectivity index (χ1n) is 16.4. The summed E-state index contributed by atoms with van der Waals surface area (Å²) in [6.07, 6.45) is 10.2. The Balaban J connectivity index is 3.14. The van der Waals surface area contributed by atoms with Crippen molar-refractivity contribution in [3.63, 3.8) is 0 Å². The molecule has 0 unspecified atom stereocenters. The summed E-state index contributed by atoms with van der Waals surface area (Å²) >= 11 is 0. The van der Waals surface area contributed by atoms with Crippen LogP contribution in [0.4, 0.5) is 4.79 Å². The van der Waals surface area contributed by atoms with Gasteiger partial charge in [-0.2, -0.15) is 0 Å². The zero-order valence-electron chi connectivity index (χ0n) is 28.2. The second kappa shape index (κ2) is 32.3. The van der Waals surface area contributed by atoms with Crippen molar-refractivity contribution in [3.8, 4) is 0 Å². The molecule has 0 rings (SSSR count). The van der Waals surface area contributed by atoms with E-state index >= 15 is 0 Å². The predicted molar refractivity (Wildman–Crippen MR) is 168 cm³/mol. The highest BCUT2D eigenvalue weighted by atomic mass is 16.6. The summed E-state index contributed by atoms with van der Waals surface area (Å²) in [6, 6.07) is 0. The SMILES string of the molecule is CCCCCCCCCCOCCOCCOCCOCCOCCOCCOCCOCCN(C)C(=O)OC(C)(C)C. The van der Waals surface area contributed by atoms with Crippen molar-refractivity contribution in [2.75, 3.05) is 119 Å². The van der Waals surface area contributed by atoms with E-state index in [1.807, 2.05) is 20.8 Å². The zero-order chi connectivity index (χ0) is 31.7. The van der Waals surface area contributed by atoms with Crippen LogP contribution in [0.25, 0.3) is 0 Å². The second-order valence-corrected chi connectivity index (χ2v) is 11.3. The summed E-state index contributed by atoms with van der Waals surface area (Å²) in [5.74, 6) is 0. The van der Waals surface area contributed by atoms with Crippen LogP contribution < -0.4 is 0 Å². The molecule has 0 N–H and O–H groups in total. The van der Waals surface area contributed by atoms with Crippen molar-refractivity contribution >= 4 is 6.09 Å². The zero-order valence-corrected chi connectivity index (χ0v) is 28.2. The molecule has 0 aliphatic carbocycles. The summed E-state index contributed by atoms with van der Waals surface area (Å²) in [4.78, 5) is 13.3. The minimum atomic E-state index is -0.503. The van der Waals surface area contributed by atoms with Crippen LogP contribution in [0.5, 0.6) is 0 Å². The molecular weight excluding hydrogens is 558 g/mol.